The summed E-state index contributed by atoms with van der Waals surface area (Å²) in [5.41, 5.74) is 0. The van der Waals surface area contributed by atoms with Crippen molar-refractivity contribution in [3.8, 4) is 0 Å². The van der Waals surface area contributed by atoms with Crippen molar-refractivity contribution in [3.05, 3.63) is 11.7 Å². The zero-order chi connectivity index (χ0) is 9.80. The van der Waals surface area contributed by atoms with Gasteiger partial charge in [0.1, 0.15) is 0 Å². The maximum atomic E-state index is 5.27. The van der Waals surface area contributed by atoms with Crippen LogP contribution in [0.1, 0.15) is 43.8 Å². The minimum absolute atomic E-state index is 0.481. The van der Waals surface area contributed by atoms with Crippen LogP contribution in [0.4, 0.5) is 0 Å². The minimum Gasteiger partial charge on any atom is -0.339 e. The second kappa shape index (κ2) is 4.55. The Balaban J connectivity index is 2.00. The maximum absolute atomic E-state index is 5.27. The molecule has 0 bridgehead atoms. The number of aryl methyl sites for hydroxylation is 1. The number of hydrogen-bond donors (Lipinski definition) is 1. The van der Waals surface area contributed by atoms with Gasteiger partial charge in [-0.05, 0) is 32.4 Å². The molecule has 0 saturated carbocycles. The van der Waals surface area contributed by atoms with Crippen molar-refractivity contribution in [1.29, 1.82) is 0 Å². The molecular formula is C10H17N3O. The molecule has 14 heavy (non-hydrogen) atoms. The zero-order valence-electron chi connectivity index (χ0n) is 8.62. The van der Waals surface area contributed by atoms with Crippen LogP contribution >= 0.6 is 0 Å². The minimum atomic E-state index is 0.481. The molecule has 2 heterocycles. The molecule has 0 aliphatic carbocycles. The molecule has 0 radical (unpaired) electrons. The highest BCUT2D eigenvalue weighted by atomic mass is 16.5. The van der Waals surface area contributed by atoms with Crippen LogP contribution < -0.4 is 5.32 Å². The van der Waals surface area contributed by atoms with E-state index in [9.17, 15) is 0 Å². The van der Waals surface area contributed by atoms with Crippen molar-refractivity contribution in [3.63, 3.8) is 0 Å². The Kier molecular flexibility index (Phi) is 3.14. The molecule has 0 spiro atoms. The van der Waals surface area contributed by atoms with Gasteiger partial charge >= 0.3 is 0 Å². The van der Waals surface area contributed by atoms with E-state index < -0.39 is 0 Å². The summed E-state index contributed by atoms with van der Waals surface area (Å²) in [6.07, 6.45) is 4.24. The standard InChI is InChI=1S/C10H17N3O/c1-2-3-9-12-10(14-13-9)8-4-6-11-7-5-8/h8,11H,2-7H2,1H3. The number of piperidine rings is 1. The van der Waals surface area contributed by atoms with Crippen molar-refractivity contribution >= 4 is 0 Å². The van der Waals surface area contributed by atoms with Gasteiger partial charge in [-0.1, -0.05) is 12.1 Å². The summed E-state index contributed by atoms with van der Waals surface area (Å²) in [6, 6.07) is 0. The van der Waals surface area contributed by atoms with Crippen LogP contribution in [-0.2, 0) is 6.42 Å². The molecule has 1 saturated heterocycles. The van der Waals surface area contributed by atoms with Crippen molar-refractivity contribution in [2.24, 2.45) is 0 Å². The molecule has 1 aromatic heterocycles. The van der Waals surface area contributed by atoms with Crippen LogP contribution in [0.3, 0.4) is 0 Å². The molecular weight excluding hydrogens is 178 g/mol. The number of rotatable bonds is 3. The lowest BCUT2D eigenvalue weighted by Crippen LogP contribution is -2.26. The summed E-state index contributed by atoms with van der Waals surface area (Å²) in [4.78, 5) is 4.42. The summed E-state index contributed by atoms with van der Waals surface area (Å²) >= 11 is 0. The average Bonchev–Trinajstić information content (AvgIpc) is 2.68. The first kappa shape index (κ1) is 9.65. The molecule has 1 fully saturated rings. The normalized spacial score (nSPS) is 18.6. The van der Waals surface area contributed by atoms with Crippen LogP contribution in [0.2, 0.25) is 0 Å². The summed E-state index contributed by atoms with van der Waals surface area (Å²) < 4.78 is 5.27. The fourth-order valence-corrected chi connectivity index (χ4v) is 1.83. The van der Waals surface area contributed by atoms with Gasteiger partial charge in [-0.15, -0.1) is 0 Å². The van der Waals surface area contributed by atoms with E-state index in [0.29, 0.717) is 5.92 Å². The van der Waals surface area contributed by atoms with Crippen LogP contribution in [-0.4, -0.2) is 23.2 Å². The molecule has 1 aliphatic heterocycles. The monoisotopic (exact) mass is 195 g/mol. The molecule has 0 aromatic carbocycles. The largest absolute Gasteiger partial charge is 0.339 e. The lowest BCUT2D eigenvalue weighted by Gasteiger charge is -2.18. The first-order valence-corrected chi connectivity index (χ1v) is 5.43. The highest BCUT2D eigenvalue weighted by molar-refractivity contribution is 4.96. The molecule has 0 unspecified atom stereocenters. The summed E-state index contributed by atoms with van der Waals surface area (Å²) in [5.74, 6) is 2.19. The Morgan fingerprint density at radius 2 is 2.21 bits per heavy atom. The van der Waals surface area contributed by atoms with Gasteiger partial charge in [0, 0.05) is 12.3 Å². The van der Waals surface area contributed by atoms with Gasteiger partial charge in [0.2, 0.25) is 5.89 Å². The predicted molar refractivity (Wildman–Crippen MR) is 53.1 cm³/mol. The third-order valence-electron chi connectivity index (χ3n) is 2.65. The van der Waals surface area contributed by atoms with E-state index in [-0.39, 0.29) is 0 Å². The number of hydrogen-bond acceptors (Lipinski definition) is 4. The number of aromatic nitrogens is 2. The quantitative estimate of drug-likeness (QED) is 0.794. The van der Waals surface area contributed by atoms with Crippen molar-refractivity contribution in [1.82, 2.24) is 15.5 Å². The summed E-state index contributed by atoms with van der Waals surface area (Å²) in [5, 5.41) is 7.30. The van der Waals surface area contributed by atoms with E-state index >= 15 is 0 Å². The molecule has 0 amide bonds. The van der Waals surface area contributed by atoms with E-state index in [1.165, 1.54) is 0 Å². The Morgan fingerprint density at radius 3 is 2.93 bits per heavy atom. The van der Waals surface area contributed by atoms with Gasteiger partial charge in [0.05, 0.1) is 0 Å². The lowest BCUT2D eigenvalue weighted by atomic mass is 9.98. The van der Waals surface area contributed by atoms with Crippen LogP contribution in [0.15, 0.2) is 4.52 Å². The summed E-state index contributed by atoms with van der Waals surface area (Å²) in [6.45, 7) is 4.26. The van der Waals surface area contributed by atoms with Crippen LogP contribution in [0.25, 0.3) is 0 Å². The Morgan fingerprint density at radius 1 is 1.43 bits per heavy atom. The molecule has 4 nitrogen and oxygen atoms in total. The fourth-order valence-electron chi connectivity index (χ4n) is 1.83. The zero-order valence-corrected chi connectivity index (χ0v) is 8.62. The topological polar surface area (TPSA) is 51.0 Å². The first-order chi connectivity index (χ1) is 6.90. The molecule has 2 rings (SSSR count). The fraction of sp³-hybridized carbons (Fsp3) is 0.800. The Bertz CT molecular complexity index is 279. The molecule has 0 atom stereocenters. The van der Waals surface area contributed by atoms with E-state index in [2.05, 4.69) is 22.4 Å². The molecule has 78 valence electrons. The predicted octanol–water partition coefficient (Wildman–Crippen LogP) is 1.49. The van der Waals surface area contributed by atoms with E-state index in [4.69, 9.17) is 4.52 Å². The average molecular weight is 195 g/mol. The second-order valence-corrected chi connectivity index (χ2v) is 3.82. The van der Waals surface area contributed by atoms with E-state index in [0.717, 1.165) is 50.5 Å². The summed E-state index contributed by atoms with van der Waals surface area (Å²) in [7, 11) is 0. The highest BCUT2D eigenvalue weighted by Gasteiger charge is 2.20. The van der Waals surface area contributed by atoms with Gasteiger partial charge in [0.25, 0.3) is 0 Å². The third-order valence-corrected chi connectivity index (χ3v) is 2.65. The van der Waals surface area contributed by atoms with Gasteiger partial charge < -0.3 is 9.84 Å². The smallest absolute Gasteiger partial charge is 0.229 e. The highest BCUT2D eigenvalue weighted by Crippen LogP contribution is 2.23. The molecule has 4 heteroatoms. The van der Waals surface area contributed by atoms with Crippen molar-refractivity contribution in [2.45, 2.75) is 38.5 Å². The van der Waals surface area contributed by atoms with Gasteiger partial charge in [-0.2, -0.15) is 4.98 Å². The molecule has 1 N–H and O–H groups in total. The number of nitrogens with one attached hydrogen (secondary N) is 1. The van der Waals surface area contributed by atoms with Crippen molar-refractivity contribution in [2.75, 3.05) is 13.1 Å². The van der Waals surface area contributed by atoms with E-state index in [1.807, 2.05) is 0 Å². The maximum Gasteiger partial charge on any atom is 0.229 e. The third kappa shape index (κ3) is 2.12. The van der Waals surface area contributed by atoms with Crippen LogP contribution in [0, 0.1) is 0 Å². The second-order valence-electron chi connectivity index (χ2n) is 3.82. The van der Waals surface area contributed by atoms with Crippen LogP contribution in [0.5, 0.6) is 0 Å². The molecule has 1 aromatic rings. The Hall–Kier alpha value is -0.900. The van der Waals surface area contributed by atoms with E-state index in [1.54, 1.807) is 0 Å². The van der Waals surface area contributed by atoms with Gasteiger partial charge in [-0.3, -0.25) is 0 Å². The first-order valence-electron chi connectivity index (χ1n) is 5.43. The van der Waals surface area contributed by atoms with Gasteiger partial charge in [-0.25, -0.2) is 0 Å². The van der Waals surface area contributed by atoms with Crippen molar-refractivity contribution < 1.29 is 4.52 Å². The number of nitrogens with zero attached hydrogens (tertiary/aromatic N) is 2. The SMILES string of the molecule is CCCc1noc(C2CCNCC2)n1. The Labute approximate surface area is 84.1 Å². The lowest BCUT2D eigenvalue weighted by molar-refractivity contribution is 0.318. The van der Waals surface area contributed by atoms with Gasteiger partial charge in [0.15, 0.2) is 5.82 Å². The molecule has 1 aliphatic rings.